The highest BCUT2D eigenvalue weighted by Gasteiger charge is 2.34. The quantitative estimate of drug-likeness (QED) is 0.353. The SMILES string of the molecule is Cc1ccc(C2=C(Cl)c3ccc(C)cc3C2c2cccc3ccc(=O)oc23)cc1. The Balaban J connectivity index is 1.84. The van der Waals surface area contributed by atoms with E-state index in [0.717, 1.165) is 38.2 Å². The fourth-order valence-corrected chi connectivity index (χ4v) is 4.63. The normalized spacial score (nSPS) is 15.8. The van der Waals surface area contributed by atoms with Crippen LogP contribution in [0, 0.1) is 13.8 Å². The van der Waals surface area contributed by atoms with Gasteiger partial charge in [0.25, 0.3) is 0 Å². The van der Waals surface area contributed by atoms with Gasteiger partial charge in [0.15, 0.2) is 0 Å². The van der Waals surface area contributed by atoms with E-state index in [1.807, 2.05) is 24.3 Å². The molecule has 0 bridgehead atoms. The van der Waals surface area contributed by atoms with Gasteiger partial charge in [0.2, 0.25) is 0 Å². The molecule has 1 unspecified atom stereocenters. The molecule has 1 aliphatic carbocycles. The molecule has 1 atom stereocenters. The van der Waals surface area contributed by atoms with Crippen LogP contribution >= 0.6 is 11.6 Å². The summed E-state index contributed by atoms with van der Waals surface area (Å²) in [5.74, 6) is -0.102. The largest absolute Gasteiger partial charge is 0.422 e. The molecular formula is C26H19ClO2. The van der Waals surface area contributed by atoms with Crippen LogP contribution in [0.2, 0.25) is 0 Å². The van der Waals surface area contributed by atoms with E-state index in [4.69, 9.17) is 16.0 Å². The Bertz CT molecular complexity index is 1340. The summed E-state index contributed by atoms with van der Waals surface area (Å²) in [6.45, 7) is 4.15. The first-order valence-electron chi connectivity index (χ1n) is 9.63. The van der Waals surface area contributed by atoms with Crippen LogP contribution in [0.3, 0.4) is 0 Å². The van der Waals surface area contributed by atoms with Crippen molar-refractivity contribution in [2.45, 2.75) is 19.8 Å². The van der Waals surface area contributed by atoms with Crippen LogP contribution in [0.1, 0.15) is 39.3 Å². The summed E-state index contributed by atoms with van der Waals surface area (Å²) >= 11 is 6.95. The van der Waals surface area contributed by atoms with Crippen molar-refractivity contribution >= 4 is 33.2 Å². The fraction of sp³-hybridized carbons (Fsp3) is 0.115. The lowest BCUT2D eigenvalue weighted by molar-refractivity contribution is 0.557. The van der Waals surface area contributed by atoms with E-state index in [0.29, 0.717) is 5.58 Å². The molecule has 0 radical (unpaired) electrons. The molecule has 0 N–H and O–H groups in total. The standard InChI is InChI=1S/C26H19ClO2/c1-15-6-9-17(10-7-15)23-24(21-14-16(2)8-12-19(21)25(23)27)20-5-3-4-18-11-13-22(28)29-26(18)20/h3-14,24H,1-2H3. The van der Waals surface area contributed by atoms with Gasteiger partial charge in [0, 0.05) is 22.9 Å². The third-order valence-electron chi connectivity index (χ3n) is 5.63. The van der Waals surface area contributed by atoms with Crippen molar-refractivity contribution in [1.29, 1.82) is 0 Å². The van der Waals surface area contributed by atoms with Crippen molar-refractivity contribution in [3.63, 3.8) is 0 Å². The second-order valence-corrected chi connectivity index (χ2v) is 8.02. The maximum Gasteiger partial charge on any atom is 0.336 e. The van der Waals surface area contributed by atoms with E-state index < -0.39 is 0 Å². The number of allylic oxidation sites excluding steroid dienone is 1. The van der Waals surface area contributed by atoms with Crippen LogP contribution in [-0.2, 0) is 0 Å². The van der Waals surface area contributed by atoms with E-state index >= 15 is 0 Å². The highest BCUT2D eigenvalue weighted by Crippen LogP contribution is 2.52. The van der Waals surface area contributed by atoms with E-state index in [1.54, 1.807) is 0 Å². The molecule has 0 aliphatic heterocycles. The predicted octanol–water partition coefficient (Wildman–Crippen LogP) is 6.66. The molecule has 3 aromatic carbocycles. The first-order valence-corrected chi connectivity index (χ1v) is 10.0. The molecule has 0 fully saturated rings. The number of aryl methyl sites for hydroxylation is 2. The second kappa shape index (κ2) is 6.75. The molecular weight excluding hydrogens is 380 g/mol. The molecule has 1 aromatic heterocycles. The molecule has 2 nitrogen and oxygen atoms in total. The van der Waals surface area contributed by atoms with Gasteiger partial charge in [-0.25, -0.2) is 4.79 Å². The first-order chi connectivity index (χ1) is 14.0. The number of hydrogen-bond donors (Lipinski definition) is 0. The van der Waals surface area contributed by atoms with E-state index in [9.17, 15) is 4.79 Å². The van der Waals surface area contributed by atoms with Crippen molar-refractivity contribution in [2.75, 3.05) is 0 Å². The summed E-state index contributed by atoms with van der Waals surface area (Å²) in [5.41, 5.74) is 7.90. The Morgan fingerprint density at radius 1 is 0.828 bits per heavy atom. The third kappa shape index (κ3) is 2.92. The zero-order valence-corrected chi connectivity index (χ0v) is 17.0. The second-order valence-electron chi connectivity index (χ2n) is 7.64. The van der Waals surface area contributed by atoms with Gasteiger partial charge in [-0.3, -0.25) is 0 Å². The Kier molecular flexibility index (Phi) is 4.18. The minimum absolute atomic E-state index is 0.102. The van der Waals surface area contributed by atoms with Crippen molar-refractivity contribution < 1.29 is 4.42 Å². The number of hydrogen-bond acceptors (Lipinski definition) is 2. The van der Waals surface area contributed by atoms with Gasteiger partial charge in [-0.1, -0.05) is 83.4 Å². The van der Waals surface area contributed by atoms with Gasteiger partial charge in [-0.15, -0.1) is 0 Å². The van der Waals surface area contributed by atoms with Crippen LogP contribution in [0.4, 0.5) is 0 Å². The summed E-state index contributed by atoms with van der Waals surface area (Å²) in [4.78, 5) is 12.0. The van der Waals surface area contributed by atoms with Gasteiger partial charge in [0.05, 0.1) is 5.03 Å². The number of halogens is 1. The Hall–Kier alpha value is -3.10. The topological polar surface area (TPSA) is 30.2 Å². The minimum atomic E-state index is -0.348. The zero-order chi connectivity index (χ0) is 20.1. The number of rotatable bonds is 2. The highest BCUT2D eigenvalue weighted by molar-refractivity contribution is 6.54. The van der Waals surface area contributed by atoms with Crippen molar-refractivity contribution in [3.05, 3.63) is 117 Å². The van der Waals surface area contributed by atoms with Crippen LogP contribution in [0.15, 0.2) is 82.0 Å². The predicted molar refractivity (Wildman–Crippen MR) is 119 cm³/mol. The number of benzene rings is 3. The molecule has 0 amide bonds. The van der Waals surface area contributed by atoms with Gasteiger partial charge >= 0.3 is 5.63 Å². The Labute approximate surface area is 174 Å². The maximum atomic E-state index is 12.0. The first kappa shape index (κ1) is 18.0. The summed E-state index contributed by atoms with van der Waals surface area (Å²) in [5, 5.41) is 1.66. The lowest BCUT2D eigenvalue weighted by Gasteiger charge is -2.19. The summed E-state index contributed by atoms with van der Waals surface area (Å²) in [7, 11) is 0. The third-order valence-corrected chi connectivity index (χ3v) is 6.04. The number of fused-ring (bicyclic) bond motifs is 2. The smallest absolute Gasteiger partial charge is 0.336 e. The van der Waals surface area contributed by atoms with Crippen LogP contribution in [0.5, 0.6) is 0 Å². The van der Waals surface area contributed by atoms with Crippen molar-refractivity contribution in [2.24, 2.45) is 0 Å². The molecule has 4 aromatic rings. The lowest BCUT2D eigenvalue weighted by atomic mass is 9.84. The van der Waals surface area contributed by atoms with Gasteiger partial charge in [-0.2, -0.15) is 0 Å². The molecule has 0 saturated carbocycles. The van der Waals surface area contributed by atoms with Crippen LogP contribution in [0.25, 0.3) is 21.6 Å². The maximum absolute atomic E-state index is 12.0. The van der Waals surface area contributed by atoms with Crippen molar-refractivity contribution in [3.8, 4) is 0 Å². The highest BCUT2D eigenvalue weighted by atomic mass is 35.5. The van der Waals surface area contributed by atoms with Gasteiger partial charge in [0.1, 0.15) is 5.58 Å². The average molecular weight is 399 g/mol. The number of para-hydroxylation sites is 1. The summed E-state index contributed by atoms with van der Waals surface area (Å²) in [6.07, 6.45) is 0. The van der Waals surface area contributed by atoms with Crippen LogP contribution in [-0.4, -0.2) is 0 Å². The lowest BCUT2D eigenvalue weighted by Crippen LogP contribution is -2.04. The van der Waals surface area contributed by atoms with Gasteiger partial charge in [-0.05, 0) is 42.2 Å². The van der Waals surface area contributed by atoms with Crippen LogP contribution < -0.4 is 5.63 Å². The van der Waals surface area contributed by atoms with E-state index in [2.05, 4.69) is 56.3 Å². The minimum Gasteiger partial charge on any atom is -0.422 e. The molecule has 0 spiro atoms. The fourth-order valence-electron chi connectivity index (χ4n) is 4.24. The Morgan fingerprint density at radius 2 is 1.59 bits per heavy atom. The molecule has 5 rings (SSSR count). The summed E-state index contributed by atoms with van der Waals surface area (Å²) < 4.78 is 5.67. The monoisotopic (exact) mass is 398 g/mol. The molecule has 3 heteroatoms. The van der Waals surface area contributed by atoms with Gasteiger partial charge < -0.3 is 4.42 Å². The van der Waals surface area contributed by atoms with E-state index in [-0.39, 0.29) is 11.5 Å². The molecule has 29 heavy (non-hydrogen) atoms. The summed E-state index contributed by atoms with van der Waals surface area (Å²) in [6, 6.07) is 24.0. The Morgan fingerprint density at radius 3 is 2.38 bits per heavy atom. The van der Waals surface area contributed by atoms with E-state index in [1.165, 1.54) is 17.2 Å². The molecule has 142 valence electrons. The molecule has 0 saturated heterocycles. The van der Waals surface area contributed by atoms with Crippen molar-refractivity contribution in [1.82, 2.24) is 0 Å². The molecule has 1 heterocycles. The average Bonchev–Trinajstić information content (AvgIpc) is 2.99. The molecule has 1 aliphatic rings. The zero-order valence-electron chi connectivity index (χ0n) is 16.2.